The molecule has 0 unspecified atom stereocenters. The standard InChI is InChI=1S/C29H24ClF3N6O/c1-15-8-10-18(11-9-15)14-38-17(3)23(16(2)36-38)35-28(40)25-22(30)27-34-24-20-7-5-4-6-19(20)12-13-21(24)26(29(31,32)33)39(27)37-25/h4-11H,12-14H2,1-3H3,(H,35,40). The largest absolute Gasteiger partial charge is 0.433 e. The lowest BCUT2D eigenvalue weighted by atomic mass is 9.88. The number of fused-ring (bicyclic) bond motifs is 4. The summed E-state index contributed by atoms with van der Waals surface area (Å²) in [5.74, 6) is -0.747. The van der Waals surface area contributed by atoms with Gasteiger partial charge in [0, 0.05) is 11.1 Å². The second-order valence-corrected chi connectivity index (χ2v) is 10.4. The molecule has 40 heavy (non-hydrogen) atoms. The first kappa shape index (κ1) is 26.1. The summed E-state index contributed by atoms with van der Waals surface area (Å²) in [6, 6.07) is 15.2. The molecule has 6 rings (SSSR count). The van der Waals surface area contributed by atoms with Crippen LogP contribution in [-0.4, -0.2) is 30.3 Å². The number of benzene rings is 2. The van der Waals surface area contributed by atoms with Gasteiger partial charge in [-0.05, 0) is 44.7 Å². The second kappa shape index (κ2) is 9.48. The summed E-state index contributed by atoms with van der Waals surface area (Å²) in [6.07, 6.45) is -4.17. The molecule has 3 heterocycles. The number of halogens is 4. The molecule has 5 aromatic rings. The maximum absolute atomic E-state index is 14.4. The quantitative estimate of drug-likeness (QED) is 0.267. The smallest absolute Gasteiger partial charge is 0.317 e. The lowest BCUT2D eigenvalue weighted by Gasteiger charge is -2.23. The highest BCUT2D eigenvalue weighted by molar-refractivity contribution is 6.37. The van der Waals surface area contributed by atoms with Crippen LogP contribution < -0.4 is 5.32 Å². The Morgan fingerprint density at radius 3 is 2.48 bits per heavy atom. The van der Waals surface area contributed by atoms with E-state index in [0.29, 0.717) is 40.1 Å². The van der Waals surface area contributed by atoms with Gasteiger partial charge < -0.3 is 5.32 Å². The van der Waals surface area contributed by atoms with Crippen LogP contribution in [0.5, 0.6) is 0 Å². The van der Waals surface area contributed by atoms with Crippen LogP contribution in [0.1, 0.15) is 49.8 Å². The monoisotopic (exact) mass is 564 g/mol. The summed E-state index contributed by atoms with van der Waals surface area (Å²) in [5, 5.41) is 11.1. The molecule has 204 valence electrons. The molecule has 0 atom stereocenters. The Kier molecular flexibility index (Phi) is 6.18. The fourth-order valence-corrected chi connectivity index (χ4v) is 5.50. The minimum absolute atomic E-state index is 0.0360. The van der Waals surface area contributed by atoms with Gasteiger partial charge in [-0.25, -0.2) is 9.50 Å². The minimum atomic E-state index is -4.75. The van der Waals surface area contributed by atoms with Gasteiger partial charge in [0.25, 0.3) is 5.91 Å². The second-order valence-electron chi connectivity index (χ2n) is 9.98. The molecule has 0 spiro atoms. The minimum Gasteiger partial charge on any atom is -0.317 e. The fraction of sp³-hybridized carbons (Fsp3) is 0.241. The molecule has 0 aliphatic heterocycles. The van der Waals surface area contributed by atoms with Crippen LogP contribution in [0, 0.1) is 20.8 Å². The van der Waals surface area contributed by atoms with E-state index in [0.717, 1.165) is 16.7 Å². The maximum atomic E-state index is 14.4. The van der Waals surface area contributed by atoms with Crippen molar-refractivity contribution in [2.45, 2.75) is 46.3 Å². The number of amides is 1. The summed E-state index contributed by atoms with van der Waals surface area (Å²) in [7, 11) is 0. The Bertz CT molecular complexity index is 1800. The number of anilines is 1. The number of aryl methyl sites for hydroxylation is 3. The zero-order valence-corrected chi connectivity index (χ0v) is 22.7. The highest BCUT2D eigenvalue weighted by atomic mass is 35.5. The molecule has 3 aromatic heterocycles. The Hall–Kier alpha value is -4.18. The average molecular weight is 565 g/mol. The Morgan fingerprint density at radius 2 is 1.75 bits per heavy atom. The summed E-state index contributed by atoms with van der Waals surface area (Å²) in [6.45, 7) is 6.05. The van der Waals surface area contributed by atoms with E-state index < -0.39 is 17.8 Å². The van der Waals surface area contributed by atoms with E-state index in [9.17, 15) is 18.0 Å². The number of aromatic nitrogens is 5. The third kappa shape index (κ3) is 4.32. The lowest BCUT2D eigenvalue weighted by molar-refractivity contribution is -0.143. The first-order chi connectivity index (χ1) is 19.0. The van der Waals surface area contributed by atoms with Crippen molar-refractivity contribution in [3.8, 4) is 11.3 Å². The van der Waals surface area contributed by atoms with Gasteiger partial charge in [0.15, 0.2) is 17.0 Å². The van der Waals surface area contributed by atoms with Crippen molar-refractivity contribution in [1.82, 2.24) is 24.4 Å². The molecule has 0 radical (unpaired) electrons. The van der Waals surface area contributed by atoms with Crippen molar-refractivity contribution in [3.63, 3.8) is 0 Å². The number of carbonyl (C=O) groups excluding carboxylic acids is 1. The van der Waals surface area contributed by atoms with Gasteiger partial charge in [-0.15, -0.1) is 0 Å². The predicted molar refractivity (Wildman–Crippen MR) is 146 cm³/mol. The molecule has 2 aromatic carbocycles. The van der Waals surface area contributed by atoms with E-state index in [1.165, 1.54) is 0 Å². The summed E-state index contributed by atoms with van der Waals surface area (Å²) in [5.41, 5.74) is 4.09. The number of rotatable bonds is 4. The molecule has 0 bridgehead atoms. The normalized spacial score (nSPS) is 12.9. The highest BCUT2D eigenvalue weighted by Crippen LogP contribution is 2.42. The lowest BCUT2D eigenvalue weighted by Crippen LogP contribution is -2.21. The zero-order chi connectivity index (χ0) is 28.3. The predicted octanol–water partition coefficient (Wildman–Crippen LogP) is 6.59. The molecule has 7 nitrogen and oxygen atoms in total. The maximum Gasteiger partial charge on any atom is 0.433 e. The first-order valence-electron chi connectivity index (χ1n) is 12.7. The van der Waals surface area contributed by atoms with Gasteiger partial charge >= 0.3 is 6.18 Å². The van der Waals surface area contributed by atoms with Crippen LogP contribution in [0.4, 0.5) is 18.9 Å². The zero-order valence-electron chi connectivity index (χ0n) is 21.9. The highest BCUT2D eigenvalue weighted by Gasteiger charge is 2.41. The molecule has 1 aliphatic carbocycles. The first-order valence-corrected chi connectivity index (χ1v) is 13.1. The molecule has 0 saturated carbocycles. The van der Waals surface area contributed by atoms with Crippen molar-refractivity contribution in [1.29, 1.82) is 0 Å². The molecule has 0 fully saturated rings. The molecular weight excluding hydrogens is 541 g/mol. The molecule has 1 amide bonds. The SMILES string of the molecule is Cc1ccc(Cn2nc(C)c(NC(=O)c3nn4c(C(F)(F)F)c5c(nc4c3Cl)-c3ccccc3CC5)c2C)cc1. The number of carbonyl (C=O) groups is 1. The van der Waals surface area contributed by atoms with E-state index in [-0.39, 0.29) is 34.0 Å². The van der Waals surface area contributed by atoms with Crippen molar-refractivity contribution < 1.29 is 18.0 Å². The third-order valence-electron chi connectivity index (χ3n) is 7.28. The van der Waals surface area contributed by atoms with Crippen LogP contribution >= 0.6 is 11.6 Å². The molecule has 1 aliphatic rings. The number of alkyl halides is 3. The van der Waals surface area contributed by atoms with E-state index >= 15 is 0 Å². The van der Waals surface area contributed by atoms with Gasteiger partial charge in [0.05, 0.1) is 29.3 Å². The topological polar surface area (TPSA) is 77.1 Å². The van der Waals surface area contributed by atoms with Crippen LogP contribution in [0.25, 0.3) is 16.9 Å². The Morgan fingerprint density at radius 1 is 1.02 bits per heavy atom. The third-order valence-corrected chi connectivity index (χ3v) is 7.63. The van der Waals surface area contributed by atoms with E-state index in [4.69, 9.17) is 11.6 Å². The van der Waals surface area contributed by atoms with Gasteiger partial charge in [0.2, 0.25) is 0 Å². The van der Waals surface area contributed by atoms with Crippen LogP contribution in [-0.2, 0) is 25.6 Å². The summed E-state index contributed by atoms with van der Waals surface area (Å²) >= 11 is 6.52. The molecule has 11 heteroatoms. The van der Waals surface area contributed by atoms with Gasteiger partial charge in [-0.3, -0.25) is 9.48 Å². The van der Waals surface area contributed by atoms with E-state index in [1.54, 1.807) is 23.7 Å². The van der Waals surface area contributed by atoms with Gasteiger partial charge in [-0.1, -0.05) is 65.7 Å². The summed E-state index contributed by atoms with van der Waals surface area (Å²) in [4.78, 5) is 17.9. The van der Waals surface area contributed by atoms with Crippen LogP contribution in [0.3, 0.4) is 0 Å². The van der Waals surface area contributed by atoms with Crippen molar-refractivity contribution >= 4 is 28.8 Å². The number of nitrogens with zero attached hydrogens (tertiary/aromatic N) is 5. The number of hydrogen-bond acceptors (Lipinski definition) is 4. The number of nitrogens with one attached hydrogen (secondary N) is 1. The molecular formula is C29H24ClF3N6O. The van der Waals surface area contributed by atoms with Crippen LogP contribution in [0.15, 0.2) is 48.5 Å². The Labute approximate surface area is 232 Å². The summed E-state index contributed by atoms with van der Waals surface area (Å²) < 4.78 is 45.7. The average Bonchev–Trinajstić information content (AvgIpc) is 3.38. The number of hydrogen-bond donors (Lipinski definition) is 1. The van der Waals surface area contributed by atoms with Gasteiger partial charge in [-0.2, -0.15) is 23.4 Å². The van der Waals surface area contributed by atoms with Crippen molar-refractivity contribution in [2.24, 2.45) is 0 Å². The van der Waals surface area contributed by atoms with Crippen LogP contribution in [0.2, 0.25) is 5.02 Å². The molecule has 1 N–H and O–H groups in total. The Balaban J connectivity index is 1.40. The van der Waals surface area contributed by atoms with Crippen molar-refractivity contribution in [3.05, 3.63) is 98.6 Å². The van der Waals surface area contributed by atoms with Crippen molar-refractivity contribution in [2.75, 3.05) is 5.32 Å². The van der Waals surface area contributed by atoms with E-state index in [1.807, 2.05) is 50.2 Å². The van der Waals surface area contributed by atoms with E-state index in [2.05, 4.69) is 20.5 Å². The fourth-order valence-electron chi connectivity index (χ4n) is 5.25. The van der Waals surface area contributed by atoms with Gasteiger partial charge in [0.1, 0.15) is 5.02 Å². The molecule has 0 saturated heterocycles.